The maximum Gasteiger partial charge on any atom is 0.0479 e. The van der Waals surface area contributed by atoms with Crippen LogP contribution in [-0.2, 0) is 9.59 Å². The molecule has 4 nitrogen and oxygen atoms in total. The molecule has 4 heteroatoms. The van der Waals surface area contributed by atoms with E-state index in [1.807, 2.05) is 0 Å². The predicted octanol–water partition coefficient (Wildman–Crippen LogP) is -1.32. The standard InChI is InChI=1S/C10H14O4/c11-8(12)6-3-5-10(9(13)14)4-1-2-7(6)10/h6-7H,1-5H2,(H,11,12)(H,13,14)/p-2/t6-,7+,10+/m0/s1. The van der Waals surface area contributed by atoms with Crippen molar-refractivity contribution in [1.29, 1.82) is 0 Å². The zero-order chi connectivity index (χ0) is 10.3. The van der Waals surface area contributed by atoms with Gasteiger partial charge in [-0.3, -0.25) is 0 Å². The summed E-state index contributed by atoms with van der Waals surface area (Å²) in [5, 5.41) is 21.8. The zero-order valence-electron chi connectivity index (χ0n) is 7.82. The van der Waals surface area contributed by atoms with Crippen LogP contribution >= 0.6 is 0 Å². The number of carbonyl (C=O) groups is 2. The van der Waals surface area contributed by atoms with Gasteiger partial charge in [0.2, 0.25) is 0 Å². The number of aliphatic carboxylic acids is 2. The summed E-state index contributed by atoms with van der Waals surface area (Å²) in [6.07, 6.45) is 2.93. The van der Waals surface area contributed by atoms with Gasteiger partial charge in [0.05, 0.1) is 0 Å². The van der Waals surface area contributed by atoms with Crippen LogP contribution in [0.4, 0.5) is 0 Å². The van der Waals surface area contributed by atoms with Crippen LogP contribution in [0.3, 0.4) is 0 Å². The molecule has 2 aliphatic rings. The van der Waals surface area contributed by atoms with Crippen molar-refractivity contribution >= 4 is 11.9 Å². The van der Waals surface area contributed by atoms with Crippen LogP contribution in [0.5, 0.6) is 0 Å². The molecule has 0 aromatic carbocycles. The molecule has 0 spiro atoms. The van der Waals surface area contributed by atoms with Gasteiger partial charge in [-0.25, -0.2) is 0 Å². The first-order chi connectivity index (χ1) is 6.58. The van der Waals surface area contributed by atoms with Gasteiger partial charge in [0.1, 0.15) is 0 Å². The highest BCUT2D eigenvalue weighted by Crippen LogP contribution is 2.56. The van der Waals surface area contributed by atoms with E-state index in [0.717, 1.165) is 6.42 Å². The largest absolute Gasteiger partial charge is 0.550 e. The van der Waals surface area contributed by atoms with Gasteiger partial charge in [-0.15, -0.1) is 0 Å². The van der Waals surface area contributed by atoms with Crippen LogP contribution < -0.4 is 10.2 Å². The van der Waals surface area contributed by atoms with E-state index in [9.17, 15) is 19.8 Å². The summed E-state index contributed by atoms with van der Waals surface area (Å²) >= 11 is 0. The molecule has 14 heavy (non-hydrogen) atoms. The summed E-state index contributed by atoms with van der Waals surface area (Å²) in [6.45, 7) is 0. The van der Waals surface area contributed by atoms with E-state index in [0.29, 0.717) is 25.7 Å². The third-order valence-corrected chi connectivity index (χ3v) is 3.94. The van der Waals surface area contributed by atoms with Crippen molar-refractivity contribution < 1.29 is 19.8 Å². The van der Waals surface area contributed by atoms with E-state index >= 15 is 0 Å². The van der Waals surface area contributed by atoms with Crippen LogP contribution in [0, 0.1) is 17.3 Å². The number of carbonyl (C=O) groups excluding carboxylic acids is 2. The SMILES string of the molecule is O=C([O-])[C@H]1CC[C@]2(C(=O)[O-])CCC[C@H]12. The third kappa shape index (κ3) is 1.06. The Morgan fingerprint density at radius 1 is 1.14 bits per heavy atom. The molecular formula is C10H12O4-2. The minimum absolute atomic E-state index is 0.252. The van der Waals surface area contributed by atoms with E-state index in [4.69, 9.17) is 0 Å². The lowest BCUT2D eigenvalue weighted by molar-refractivity contribution is -0.322. The molecule has 0 aliphatic heterocycles. The molecule has 0 bridgehead atoms. The van der Waals surface area contributed by atoms with Gasteiger partial charge in [0, 0.05) is 23.3 Å². The van der Waals surface area contributed by atoms with Crippen molar-refractivity contribution in [1.82, 2.24) is 0 Å². The molecule has 2 saturated carbocycles. The van der Waals surface area contributed by atoms with Gasteiger partial charge in [-0.2, -0.15) is 0 Å². The third-order valence-electron chi connectivity index (χ3n) is 3.94. The molecule has 0 unspecified atom stereocenters. The Balaban J connectivity index is 2.28. The molecule has 0 amide bonds. The minimum atomic E-state index is -1.10. The van der Waals surface area contributed by atoms with E-state index in [-0.39, 0.29) is 5.92 Å². The molecule has 2 fully saturated rings. The van der Waals surface area contributed by atoms with Crippen LogP contribution in [0.1, 0.15) is 32.1 Å². The Bertz CT molecular complexity index is 286. The van der Waals surface area contributed by atoms with E-state index in [1.54, 1.807) is 0 Å². The van der Waals surface area contributed by atoms with E-state index in [2.05, 4.69) is 0 Å². The normalized spacial score (nSPS) is 40.9. The maximum absolute atomic E-state index is 11.0. The van der Waals surface area contributed by atoms with Crippen molar-refractivity contribution in [3.63, 3.8) is 0 Å². The monoisotopic (exact) mass is 196 g/mol. The first kappa shape index (κ1) is 9.49. The second kappa shape index (κ2) is 2.97. The summed E-state index contributed by atoms with van der Waals surface area (Å²) in [4.78, 5) is 21.8. The average molecular weight is 196 g/mol. The molecule has 0 saturated heterocycles. The fourth-order valence-electron chi connectivity index (χ4n) is 3.25. The van der Waals surface area contributed by atoms with Crippen molar-refractivity contribution in [2.45, 2.75) is 32.1 Å². The lowest BCUT2D eigenvalue weighted by Crippen LogP contribution is -2.45. The molecule has 0 aromatic heterocycles. The molecule has 78 valence electrons. The van der Waals surface area contributed by atoms with Crippen LogP contribution in [0.25, 0.3) is 0 Å². The summed E-state index contributed by atoms with van der Waals surface area (Å²) in [7, 11) is 0. The Morgan fingerprint density at radius 2 is 1.86 bits per heavy atom. The lowest BCUT2D eigenvalue weighted by atomic mass is 9.78. The lowest BCUT2D eigenvalue weighted by Gasteiger charge is -2.32. The molecule has 0 aromatic rings. The van der Waals surface area contributed by atoms with E-state index < -0.39 is 23.3 Å². The fraction of sp³-hybridized carbons (Fsp3) is 0.800. The van der Waals surface area contributed by atoms with Crippen LogP contribution in [0.2, 0.25) is 0 Å². The van der Waals surface area contributed by atoms with Gasteiger partial charge in [0.15, 0.2) is 0 Å². The van der Waals surface area contributed by atoms with Crippen molar-refractivity contribution in [2.75, 3.05) is 0 Å². The van der Waals surface area contributed by atoms with Gasteiger partial charge in [-0.1, -0.05) is 6.42 Å². The highest BCUT2D eigenvalue weighted by molar-refractivity contribution is 5.77. The second-order valence-electron chi connectivity index (χ2n) is 4.41. The van der Waals surface area contributed by atoms with Gasteiger partial charge in [-0.05, 0) is 31.6 Å². The Morgan fingerprint density at radius 3 is 2.43 bits per heavy atom. The molecule has 2 rings (SSSR count). The first-order valence-corrected chi connectivity index (χ1v) is 5.00. The summed E-state index contributed by atoms with van der Waals surface area (Å²) in [5.74, 6) is -2.99. The van der Waals surface area contributed by atoms with Gasteiger partial charge in [0.25, 0.3) is 0 Å². The van der Waals surface area contributed by atoms with Crippen molar-refractivity contribution in [3.05, 3.63) is 0 Å². The van der Waals surface area contributed by atoms with Crippen molar-refractivity contribution in [2.24, 2.45) is 17.3 Å². The number of hydrogen-bond acceptors (Lipinski definition) is 4. The summed E-state index contributed by atoms with van der Waals surface area (Å²) < 4.78 is 0. The number of hydrogen-bond donors (Lipinski definition) is 0. The highest BCUT2D eigenvalue weighted by Gasteiger charge is 2.52. The maximum atomic E-state index is 11.0. The Kier molecular flexibility index (Phi) is 2.01. The Labute approximate surface area is 81.9 Å². The minimum Gasteiger partial charge on any atom is -0.550 e. The van der Waals surface area contributed by atoms with E-state index in [1.165, 1.54) is 0 Å². The molecule has 0 radical (unpaired) electrons. The predicted molar refractivity (Wildman–Crippen MR) is 42.5 cm³/mol. The summed E-state index contributed by atoms with van der Waals surface area (Å²) in [5.41, 5.74) is -0.856. The smallest absolute Gasteiger partial charge is 0.0479 e. The number of carboxylic acid groups (broad SMARTS) is 2. The summed E-state index contributed by atoms with van der Waals surface area (Å²) in [6, 6.07) is 0. The number of rotatable bonds is 2. The van der Waals surface area contributed by atoms with Gasteiger partial charge >= 0.3 is 0 Å². The molecule has 0 N–H and O–H groups in total. The molecule has 2 aliphatic carbocycles. The number of fused-ring (bicyclic) bond motifs is 1. The first-order valence-electron chi connectivity index (χ1n) is 5.00. The fourth-order valence-corrected chi connectivity index (χ4v) is 3.25. The molecule has 3 atom stereocenters. The second-order valence-corrected chi connectivity index (χ2v) is 4.41. The zero-order valence-corrected chi connectivity index (χ0v) is 7.82. The quantitative estimate of drug-likeness (QED) is 0.548. The van der Waals surface area contributed by atoms with Gasteiger partial charge < -0.3 is 19.8 Å². The average Bonchev–Trinajstić information content (AvgIpc) is 2.58. The Hall–Kier alpha value is -1.06. The highest BCUT2D eigenvalue weighted by atomic mass is 16.4. The molecular weight excluding hydrogens is 184 g/mol. The van der Waals surface area contributed by atoms with Crippen LogP contribution in [0.15, 0.2) is 0 Å². The molecule has 0 heterocycles. The van der Waals surface area contributed by atoms with Crippen molar-refractivity contribution in [3.8, 4) is 0 Å². The number of carboxylic acids is 2. The topological polar surface area (TPSA) is 80.3 Å². The van der Waals surface area contributed by atoms with Crippen LogP contribution in [-0.4, -0.2) is 11.9 Å².